The minimum Gasteiger partial charge on any atom is -0.364 e. The largest absolute Gasteiger partial charge is 0.364 e. The summed E-state index contributed by atoms with van der Waals surface area (Å²) in [5, 5.41) is 4.88. The van der Waals surface area contributed by atoms with E-state index in [1.165, 1.54) is 5.56 Å². The minimum atomic E-state index is -0.0640. The molecule has 3 heteroatoms. The molecule has 1 aliphatic rings. The van der Waals surface area contributed by atoms with Gasteiger partial charge in [0.1, 0.15) is 11.8 Å². The number of nitrogens with zero attached hydrogens (tertiary/aromatic N) is 1. The summed E-state index contributed by atoms with van der Waals surface area (Å²) in [5.74, 6) is 0. The van der Waals surface area contributed by atoms with Crippen molar-refractivity contribution in [3.05, 3.63) is 30.0 Å². The Morgan fingerprint density at radius 2 is 2.23 bits per heavy atom. The van der Waals surface area contributed by atoms with Gasteiger partial charge in [-0.25, -0.2) is 0 Å². The Hall–Kier alpha value is -1.35. The van der Waals surface area contributed by atoms with Gasteiger partial charge in [-0.15, -0.1) is 0 Å². The third kappa shape index (κ3) is 0.971. The molecule has 1 heterocycles. The van der Waals surface area contributed by atoms with Crippen molar-refractivity contribution >= 4 is 10.9 Å². The average Bonchev–Trinajstić information content (AvgIpc) is 2.74. The van der Waals surface area contributed by atoms with E-state index in [9.17, 15) is 0 Å². The molecule has 66 valence electrons. The number of hydrogen-bond acceptors (Lipinski definition) is 3. The van der Waals surface area contributed by atoms with Gasteiger partial charge in [0.15, 0.2) is 0 Å². The first-order valence-corrected chi connectivity index (χ1v) is 4.41. The highest BCUT2D eigenvalue weighted by Gasteiger charge is 2.39. The van der Waals surface area contributed by atoms with Crippen molar-refractivity contribution in [1.29, 1.82) is 0 Å². The molecule has 0 saturated heterocycles. The maximum atomic E-state index is 6.08. The van der Waals surface area contributed by atoms with E-state index < -0.39 is 0 Å². The third-order valence-corrected chi connectivity index (χ3v) is 2.72. The van der Waals surface area contributed by atoms with Crippen molar-refractivity contribution in [3.63, 3.8) is 0 Å². The molecule has 0 spiro atoms. The summed E-state index contributed by atoms with van der Waals surface area (Å²) in [5.41, 5.74) is 8.11. The van der Waals surface area contributed by atoms with Crippen molar-refractivity contribution < 1.29 is 4.52 Å². The van der Waals surface area contributed by atoms with Crippen LogP contribution < -0.4 is 5.73 Å². The number of benzene rings is 1. The van der Waals surface area contributed by atoms with Gasteiger partial charge in [-0.3, -0.25) is 0 Å². The first-order chi connectivity index (χ1) is 6.28. The smallest absolute Gasteiger partial charge is 0.131 e. The van der Waals surface area contributed by atoms with E-state index in [-0.39, 0.29) is 5.54 Å². The molecule has 13 heavy (non-hydrogen) atoms. The maximum Gasteiger partial charge on any atom is 0.131 e. The van der Waals surface area contributed by atoms with Crippen molar-refractivity contribution in [3.8, 4) is 0 Å². The van der Waals surface area contributed by atoms with Gasteiger partial charge in [0.2, 0.25) is 0 Å². The number of fused-ring (bicyclic) bond motifs is 1. The molecule has 1 fully saturated rings. The Morgan fingerprint density at radius 1 is 1.38 bits per heavy atom. The highest BCUT2D eigenvalue weighted by atomic mass is 16.5. The molecule has 0 amide bonds. The van der Waals surface area contributed by atoms with Crippen molar-refractivity contribution in [2.75, 3.05) is 0 Å². The summed E-state index contributed by atoms with van der Waals surface area (Å²) in [4.78, 5) is 0. The predicted molar refractivity (Wildman–Crippen MR) is 49.1 cm³/mol. The fourth-order valence-electron chi connectivity index (χ4n) is 1.61. The second-order valence-corrected chi connectivity index (χ2v) is 3.74. The first kappa shape index (κ1) is 7.09. The molecule has 0 radical (unpaired) electrons. The van der Waals surface area contributed by atoms with E-state index in [1.807, 2.05) is 12.1 Å². The van der Waals surface area contributed by atoms with Crippen LogP contribution in [0.1, 0.15) is 18.4 Å². The van der Waals surface area contributed by atoms with E-state index in [2.05, 4.69) is 11.2 Å². The molecular weight excluding hydrogens is 164 g/mol. The molecule has 1 aliphatic carbocycles. The lowest BCUT2D eigenvalue weighted by molar-refractivity contribution is 0.428. The average molecular weight is 174 g/mol. The lowest BCUT2D eigenvalue weighted by Gasteiger charge is -2.07. The van der Waals surface area contributed by atoms with Gasteiger partial charge < -0.3 is 10.3 Å². The minimum absolute atomic E-state index is 0.0640. The molecular formula is C10H10N2O. The second kappa shape index (κ2) is 2.12. The lowest BCUT2D eigenvalue weighted by Crippen LogP contribution is -2.18. The Balaban J connectivity index is 2.20. The molecule has 0 atom stereocenters. The molecule has 1 saturated carbocycles. The van der Waals surface area contributed by atoms with Crippen molar-refractivity contribution in [2.45, 2.75) is 18.4 Å². The Kier molecular flexibility index (Phi) is 1.15. The Labute approximate surface area is 75.5 Å². The molecule has 3 nitrogen and oxygen atoms in total. The van der Waals surface area contributed by atoms with Crippen LogP contribution in [0.25, 0.3) is 10.9 Å². The molecule has 0 unspecified atom stereocenters. The van der Waals surface area contributed by atoms with Gasteiger partial charge in [-0.1, -0.05) is 11.2 Å². The quantitative estimate of drug-likeness (QED) is 0.716. The third-order valence-electron chi connectivity index (χ3n) is 2.72. The summed E-state index contributed by atoms with van der Waals surface area (Å²) < 4.78 is 4.86. The Morgan fingerprint density at radius 3 is 3.00 bits per heavy atom. The topological polar surface area (TPSA) is 52.0 Å². The zero-order valence-corrected chi connectivity index (χ0v) is 7.16. The molecule has 0 aliphatic heterocycles. The number of nitrogens with two attached hydrogens (primary N) is 1. The fourth-order valence-corrected chi connectivity index (χ4v) is 1.61. The van der Waals surface area contributed by atoms with Gasteiger partial charge in [0, 0.05) is 10.9 Å². The Bertz CT molecular complexity index is 457. The van der Waals surface area contributed by atoms with E-state index in [0.29, 0.717) is 0 Å². The van der Waals surface area contributed by atoms with Gasteiger partial charge in [-0.2, -0.15) is 0 Å². The standard InChI is InChI=1S/C10H10N2O/c11-10(3-4-10)8-1-2-9-7(5-8)6-13-12-9/h1-2,5-6H,3-4,11H2. The van der Waals surface area contributed by atoms with Crippen LogP contribution in [0, 0.1) is 0 Å². The monoisotopic (exact) mass is 174 g/mol. The highest BCUT2D eigenvalue weighted by molar-refractivity contribution is 5.78. The van der Waals surface area contributed by atoms with Gasteiger partial charge >= 0.3 is 0 Å². The van der Waals surface area contributed by atoms with Gasteiger partial charge in [0.05, 0.1) is 0 Å². The van der Waals surface area contributed by atoms with Crippen LogP contribution in [0.15, 0.2) is 29.0 Å². The number of hydrogen-bond donors (Lipinski definition) is 1. The SMILES string of the molecule is NC1(c2ccc3nocc3c2)CC1. The molecule has 1 aromatic carbocycles. The summed E-state index contributed by atoms with van der Waals surface area (Å²) in [6.45, 7) is 0. The zero-order valence-electron chi connectivity index (χ0n) is 7.16. The maximum absolute atomic E-state index is 6.08. The summed E-state index contributed by atoms with van der Waals surface area (Å²) in [6.07, 6.45) is 3.83. The van der Waals surface area contributed by atoms with Crippen LogP contribution in [0.3, 0.4) is 0 Å². The number of aromatic nitrogens is 1. The van der Waals surface area contributed by atoms with Crippen molar-refractivity contribution in [1.82, 2.24) is 5.16 Å². The van der Waals surface area contributed by atoms with Crippen LogP contribution >= 0.6 is 0 Å². The van der Waals surface area contributed by atoms with Crippen LogP contribution in [-0.4, -0.2) is 5.16 Å². The van der Waals surface area contributed by atoms with E-state index in [1.54, 1.807) is 6.26 Å². The number of rotatable bonds is 1. The van der Waals surface area contributed by atoms with Crippen LogP contribution in [-0.2, 0) is 5.54 Å². The van der Waals surface area contributed by atoms with Gasteiger partial charge in [-0.05, 0) is 30.5 Å². The predicted octanol–water partition coefficient (Wildman–Crippen LogP) is 1.78. The highest BCUT2D eigenvalue weighted by Crippen LogP contribution is 2.43. The molecule has 0 bridgehead atoms. The van der Waals surface area contributed by atoms with E-state index >= 15 is 0 Å². The second-order valence-electron chi connectivity index (χ2n) is 3.74. The molecule has 1 aromatic heterocycles. The first-order valence-electron chi connectivity index (χ1n) is 4.41. The van der Waals surface area contributed by atoms with Crippen molar-refractivity contribution in [2.24, 2.45) is 5.73 Å². The zero-order chi connectivity index (χ0) is 8.89. The normalized spacial score (nSPS) is 19.2. The van der Waals surface area contributed by atoms with Crippen LogP contribution in [0.2, 0.25) is 0 Å². The fraction of sp³-hybridized carbons (Fsp3) is 0.300. The summed E-state index contributed by atoms with van der Waals surface area (Å²) in [7, 11) is 0. The molecule has 2 N–H and O–H groups in total. The van der Waals surface area contributed by atoms with Crippen LogP contribution in [0.5, 0.6) is 0 Å². The van der Waals surface area contributed by atoms with E-state index in [0.717, 1.165) is 23.7 Å². The van der Waals surface area contributed by atoms with Crippen LogP contribution in [0.4, 0.5) is 0 Å². The van der Waals surface area contributed by atoms with Gasteiger partial charge in [0.25, 0.3) is 0 Å². The summed E-state index contributed by atoms with van der Waals surface area (Å²) in [6, 6.07) is 6.07. The lowest BCUT2D eigenvalue weighted by atomic mass is 10.0. The summed E-state index contributed by atoms with van der Waals surface area (Å²) >= 11 is 0. The van der Waals surface area contributed by atoms with E-state index in [4.69, 9.17) is 10.3 Å². The molecule has 3 rings (SSSR count). The molecule has 2 aromatic rings.